The smallest absolute Gasteiger partial charge is 0.173 e. The van der Waals surface area contributed by atoms with Crippen molar-refractivity contribution in [2.24, 2.45) is 0 Å². The molecule has 0 aromatic heterocycles. The molecule has 5 heteroatoms. The normalized spacial score (nSPS) is 16.2. The number of thiocarbonyl (C=S) groups is 1. The second-order valence-electron chi connectivity index (χ2n) is 5.52. The Kier molecular flexibility index (Phi) is 5.34. The van der Waals surface area contributed by atoms with E-state index in [2.05, 4.69) is 42.3 Å². The second-order valence-corrected chi connectivity index (χ2v) is 5.90. The molecule has 1 heterocycles. The summed E-state index contributed by atoms with van der Waals surface area (Å²) < 4.78 is 0. The van der Waals surface area contributed by atoms with Gasteiger partial charge in [-0.25, -0.2) is 0 Å². The van der Waals surface area contributed by atoms with Gasteiger partial charge in [0.25, 0.3) is 0 Å². The lowest BCUT2D eigenvalue weighted by atomic mass is 10.1. The van der Waals surface area contributed by atoms with Crippen LogP contribution < -0.4 is 10.2 Å². The molecule has 110 valence electrons. The number of rotatable bonds is 3. The summed E-state index contributed by atoms with van der Waals surface area (Å²) in [7, 11) is 0. The van der Waals surface area contributed by atoms with Crippen LogP contribution in [0.1, 0.15) is 11.1 Å². The van der Waals surface area contributed by atoms with Gasteiger partial charge in [0.2, 0.25) is 0 Å². The largest absolute Gasteiger partial charge is 0.391 e. The van der Waals surface area contributed by atoms with E-state index >= 15 is 0 Å². The van der Waals surface area contributed by atoms with E-state index in [9.17, 15) is 0 Å². The molecule has 3 N–H and O–H groups in total. The van der Waals surface area contributed by atoms with Crippen LogP contribution in [0.15, 0.2) is 18.2 Å². The van der Waals surface area contributed by atoms with Gasteiger partial charge in [0.15, 0.2) is 5.11 Å². The number of aliphatic hydroxyl groups excluding tert-OH is 1. The molecular weight excluding hydrogens is 270 g/mol. The monoisotopic (exact) mass is 294 g/mol. The van der Waals surface area contributed by atoms with Crippen molar-refractivity contribution in [2.45, 2.75) is 13.8 Å². The molecule has 1 fully saturated rings. The molecule has 2 rings (SSSR count). The standard InChI is InChI=1S/C15H23N3OS/c1-12-9-13(2)11-14(10-12)16-15(20)18-5-3-17(4-6-18)7-8-19/h9-11,19H,3-8H2,1-2H3,(H,16,20)/p+1. The van der Waals surface area contributed by atoms with E-state index in [4.69, 9.17) is 17.3 Å². The maximum absolute atomic E-state index is 8.97. The minimum atomic E-state index is 0.264. The Bertz CT molecular complexity index is 450. The van der Waals surface area contributed by atoms with Crippen molar-refractivity contribution >= 4 is 23.0 Å². The van der Waals surface area contributed by atoms with Crippen molar-refractivity contribution in [2.75, 3.05) is 44.6 Å². The number of hydrogen-bond donors (Lipinski definition) is 3. The van der Waals surface area contributed by atoms with E-state index in [1.165, 1.54) is 16.0 Å². The molecule has 1 aromatic rings. The zero-order chi connectivity index (χ0) is 14.5. The number of quaternary nitrogens is 1. The lowest BCUT2D eigenvalue weighted by molar-refractivity contribution is -0.904. The Morgan fingerprint density at radius 1 is 1.25 bits per heavy atom. The second kappa shape index (κ2) is 7.02. The third-order valence-corrected chi connectivity index (χ3v) is 4.06. The topological polar surface area (TPSA) is 39.9 Å². The van der Waals surface area contributed by atoms with Gasteiger partial charge in [-0.2, -0.15) is 0 Å². The van der Waals surface area contributed by atoms with Crippen molar-refractivity contribution in [3.05, 3.63) is 29.3 Å². The summed E-state index contributed by atoms with van der Waals surface area (Å²) in [5.74, 6) is 0. The van der Waals surface area contributed by atoms with Crippen molar-refractivity contribution in [3.8, 4) is 0 Å². The predicted octanol–water partition coefficient (Wildman–Crippen LogP) is 0.193. The van der Waals surface area contributed by atoms with Crippen LogP contribution in [0.4, 0.5) is 5.69 Å². The molecule has 1 saturated heterocycles. The first-order valence-corrected chi connectivity index (χ1v) is 7.58. The fourth-order valence-electron chi connectivity index (χ4n) is 2.68. The van der Waals surface area contributed by atoms with Gasteiger partial charge >= 0.3 is 0 Å². The predicted molar refractivity (Wildman–Crippen MR) is 86.4 cm³/mol. The Labute approximate surface area is 126 Å². The van der Waals surface area contributed by atoms with Crippen LogP contribution >= 0.6 is 12.2 Å². The number of hydrogen-bond acceptors (Lipinski definition) is 2. The number of anilines is 1. The van der Waals surface area contributed by atoms with Crippen LogP contribution in [0.5, 0.6) is 0 Å². The quantitative estimate of drug-likeness (QED) is 0.696. The highest BCUT2D eigenvalue weighted by atomic mass is 32.1. The van der Waals surface area contributed by atoms with Crippen LogP contribution in [-0.2, 0) is 0 Å². The zero-order valence-electron chi connectivity index (χ0n) is 12.3. The minimum Gasteiger partial charge on any atom is -0.391 e. The number of benzene rings is 1. The highest BCUT2D eigenvalue weighted by molar-refractivity contribution is 7.80. The summed E-state index contributed by atoms with van der Waals surface area (Å²) in [4.78, 5) is 3.67. The summed E-state index contributed by atoms with van der Waals surface area (Å²) >= 11 is 5.50. The Balaban J connectivity index is 1.89. The van der Waals surface area contributed by atoms with E-state index in [0.717, 1.165) is 43.5 Å². The summed E-state index contributed by atoms with van der Waals surface area (Å²) in [6.07, 6.45) is 0. The van der Waals surface area contributed by atoms with E-state index < -0.39 is 0 Å². The molecule has 0 radical (unpaired) electrons. The lowest BCUT2D eigenvalue weighted by Gasteiger charge is -2.33. The fraction of sp³-hybridized carbons (Fsp3) is 0.533. The number of aliphatic hydroxyl groups is 1. The first-order chi connectivity index (χ1) is 9.58. The van der Waals surface area contributed by atoms with Crippen molar-refractivity contribution < 1.29 is 10.0 Å². The van der Waals surface area contributed by atoms with Crippen LogP contribution in [0.2, 0.25) is 0 Å². The van der Waals surface area contributed by atoms with Gasteiger partial charge in [0.05, 0.1) is 32.8 Å². The van der Waals surface area contributed by atoms with Crippen molar-refractivity contribution in [1.29, 1.82) is 0 Å². The molecule has 0 saturated carbocycles. The average molecular weight is 294 g/mol. The molecule has 0 amide bonds. The molecule has 20 heavy (non-hydrogen) atoms. The van der Waals surface area contributed by atoms with E-state index in [1.807, 2.05) is 0 Å². The summed E-state index contributed by atoms with van der Waals surface area (Å²) in [6, 6.07) is 6.39. The molecule has 1 aliphatic heterocycles. The Hall–Kier alpha value is -1.17. The Morgan fingerprint density at radius 3 is 2.40 bits per heavy atom. The van der Waals surface area contributed by atoms with Gasteiger partial charge in [-0.05, 0) is 49.3 Å². The summed E-state index contributed by atoms with van der Waals surface area (Å²) in [6.45, 7) is 9.27. The lowest BCUT2D eigenvalue weighted by Crippen LogP contribution is -3.15. The van der Waals surface area contributed by atoms with Crippen LogP contribution in [0.25, 0.3) is 0 Å². The SMILES string of the molecule is Cc1cc(C)cc(NC(=S)N2CC[NH+](CCO)CC2)c1. The molecule has 0 unspecified atom stereocenters. The fourth-order valence-corrected chi connectivity index (χ4v) is 2.98. The average Bonchev–Trinajstić information content (AvgIpc) is 2.38. The minimum absolute atomic E-state index is 0.264. The van der Waals surface area contributed by atoms with Gasteiger partial charge in [-0.1, -0.05) is 6.07 Å². The Morgan fingerprint density at radius 2 is 1.85 bits per heavy atom. The van der Waals surface area contributed by atoms with Gasteiger partial charge in [0, 0.05) is 5.69 Å². The highest BCUT2D eigenvalue weighted by Gasteiger charge is 2.21. The molecule has 0 spiro atoms. The highest BCUT2D eigenvalue weighted by Crippen LogP contribution is 2.14. The van der Waals surface area contributed by atoms with Gasteiger partial charge in [-0.3, -0.25) is 0 Å². The van der Waals surface area contributed by atoms with Crippen molar-refractivity contribution in [3.63, 3.8) is 0 Å². The molecule has 4 nitrogen and oxygen atoms in total. The maximum Gasteiger partial charge on any atom is 0.173 e. The molecular formula is C15H24N3OS+. The number of piperazine rings is 1. The van der Waals surface area contributed by atoms with E-state index in [1.54, 1.807) is 0 Å². The third kappa shape index (κ3) is 4.16. The molecule has 0 aliphatic carbocycles. The summed E-state index contributed by atoms with van der Waals surface area (Å²) in [5, 5.41) is 13.1. The molecule has 1 aliphatic rings. The van der Waals surface area contributed by atoms with Crippen LogP contribution in [0.3, 0.4) is 0 Å². The van der Waals surface area contributed by atoms with Crippen LogP contribution in [-0.4, -0.2) is 54.4 Å². The molecule has 1 aromatic carbocycles. The maximum atomic E-state index is 8.97. The summed E-state index contributed by atoms with van der Waals surface area (Å²) in [5.41, 5.74) is 3.55. The zero-order valence-corrected chi connectivity index (χ0v) is 13.1. The number of aryl methyl sites for hydroxylation is 2. The molecule has 0 bridgehead atoms. The first kappa shape index (κ1) is 15.2. The van der Waals surface area contributed by atoms with Crippen molar-refractivity contribution in [1.82, 2.24) is 4.90 Å². The first-order valence-electron chi connectivity index (χ1n) is 7.17. The van der Waals surface area contributed by atoms with Gasteiger partial charge < -0.3 is 20.2 Å². The van der Waals surface area contributed by atoms with E-state index in [0.29, 0.717) is 0 Å². The third-order valence-electron chi connectivity index (χ3n) is 3.70. The number of nitrogens with one attached hydrogen (secondary N) is 2. The van der Waals surface area contributed by atoms with Gasteiger partial charge in [0.1, 0.15) is 6.54 Å². The van der Waals surface area contributed by atoms with Crippen LogP contribution in [0, 0.1) is 13.8 Å². The number of nitrogens with zero attached hydrogens (tertiary/aromatic N) is 1. The van der Waals surface area contributed by atoms with Gasteiger partial charge in [-0.15, -0.1) is 0 Å². The van der Waals surface area contributed by atoms with E-state index in [-0.39, 0.29) is 6.61 Å². The molecule has 0 atom stereocenters.